The average Bonchev–Trinajstić information content (AvgIpc) is 2.64. The van der Waals surface area contributed by atoms with Crippen LogP contribution < -0.4 is 5.73 Å². The summed E-state index contributed by atoms with van der Waals surface area (Å²) in [7, 11) is 0. The number of nitrogen functional groups attached to an aromatic ring is 1. The van der Waals surface area contributed by atoms with Gasteiger partial charge in [0, 0.05) is 18.0 Å². The molecule has 0 radical (unpaired) electrons. The maximum absolute atomic E-state index is 12.2. The summed E-state index contributed by atoms with van der Waals surface area (Å²) in [6, 6.07) is 2.06. The highest BCUT2D eigenvalue weighted by Gasteiger charge is 2.24. The van der Waals surface area contributed by atoms with Gasteiger partial charge in [0.05, 0.1) is 11.3 Å². The van der Waals surface area contributed by atoms with E-state index in [2.05, 4.69) is 6.07 Å². The van der Waals surface area contributed by atoms with E-state index in [4.69, 9.17) is 11.0 Å². The molecule has 1 saturated heterocycles. The molecule has 1 aliphatic heterocycles. The number of nitrogens with two attached hydrogens (primary N) is 1. The predicted molar refractivity (Wildman–Crippen MR) is 67.9 cm³/mol. The van der Waals surface area contributed by atoms with Crippen LogP contribution in [-0.4, -0.2) is 23.9 Å². The summed E-state index contributed by atoms with van der Waals surface area (Å²) >= 11 is 1.33. The minimum atomic E-state index is -0.0169. The SMILES string of the molecule is Cc1sc(C(=O)N2CCCCC2)c(N)c1C#N. The standard InChI is InChI=1S/C12H15N3OS/c1-8-9(7-13)10(14)11(17-8)12(16)15-5-3-2-4-6-15/h2-6,14H2,1H3. The first-order valence-corrected chi connectivity index (χ1v) is 6.55. The third-order valence-electron chi connectivity index (χ3n) is 3.07. The van der Waals surface area contributed by atoms with Crippen LogP contribution in [0.15, 0.2) is 0 Å². The number of nitrogens with zero attached hydrogens (tertiary/aromatic N) is 2. The van der Waals surface area contributed by atoms with Crippen molar-refractivity contribution in [3.8, 4) is 6.07 Å². The number of thiophene rings is 1. The molecule has 90 valence electrons. The normalized spacial score (nSPS) is 15.6. The summed E-state index contributed by atoms with van der Waals surface area (Å²) in [6.45, 7) is 3.43. The zero-order valence-electron chi connectivity index (χ0n) is 9.82. The second-order valence-electron chi connectivity index (χ2n) is 4.24. The lowest BCUT2D eigenvalue weighted by Gasteiger charge is -2.26. The van der Waals surface area contributed by atoms with E-state index in [1.165, 1.54) is 17.8 Å². The summed E-state index contributed by atoms with van der Waals surface area (Å²) in [4.78, 5) is 15.4. The first-order chi connectivity index (χ1) is 8.15. The van der Waals surface area contributed by atoms with Gasteiger partial charge in [0.2, 0.25) is 0 Å². The Hall–Kier alpha value is -1.54. The number of aryl methyl sites for hydroxylation is 1. The molecule has 0 spiro atoms. The first kappa shape index (κ1) is 11.9. The molecule has 1 aromatic heterocycles. The predicted octanol–water partition coefficient (Wildman–Crippen LogP) is 2.14. The second kappa shape index (κ2) is 4.76. The fourth-order valence-electron chi connectivity index (χ4n) is 2.10. The monoisotopic (exact) mass is 249 g/mol. The third-order valence-corrected chi connectivity index (χ3v) is 4.18. The van der Waals surface area contributed by atoms with Crippen LogP contribution >= 0.6 is 11.3 Å². The summed E-state index contributed by atoms with van der Waals surface area (Å²) in [5.74, 6) is -0.0169. The number of nitriles is 1. The van der Waals surface area contributed by atoms with E-state index in [1.54, 1.807) is 0 Å². The molecule has 2 rings (SSSR count). The molecule has 1 fully saturated rings. The molecule has 2 heterocycles. The number of anilines is 1. The molecule has 1 aliphatic rings. The maximum atomic E-state index is 12.2. The highest BCUT2D eigenvalue weighted by molar-refractivity contribution is 7.14. The Balaban J connectivity index is 2.28. The number of carbonyl (C=O) groups is 1. The van der Waals surface area contributed by atoms with Crippen molar-refractivity contribution in [2.75, 3.05) is 18.8 Å². The molecule has 1 aromatic rings. The van der Waals surface area contributed by atoms with Crippen LogP contribution in [0.3, 0.4) is 0 Å². The van der Waals surface area contributed by atoms with Crippen molar-refractivity contribution in [2.45, 2.75) is 26.2 Å². The third kappa shape index (κ3) is 2.13. The van der Waals surface area contributed by atoms with Crippen molar-refractivity contribution in [1.82, 2.24) is 4.90 Å². The average molecular weight is 249 g/mol. The number of amides is 1. The van der Waals surface area contributed by atoms with Gasteiger partial charge < -0.3 is 10.6 Å². The lowest BCUT2D eigenvalue weighted by Crippen LogP contribution is -2.35. The highest BCUT2D eigenvalue weighted by atomic mass is 32.1. The summed E-state index contributed by atoms with van der Waals surface area (Å²) < 4.78 is 0. The van der Waals surface area contributed by atoms with E-state index < -0.39 is 0 Å². The van der Waals surface area contributed by atoms with Gasteiger partial charge in [0.25, 0.3) is 5.91 Å². The van der Waals surface area contributed by atoms with Gasteiger partial charge in [-0.05, 0) is 26.2 Å². The lowest BCUT2D eigenvalue weighted by molar-refractivity contribution is 0.0730. The molecule has 0 bridgehead atoms. The van der Waals surface area contributed by atoms with E-state index >= 15 is 0 Å². The van der Waals surface area contributed by atoms with E-state index in [0.717, 1.165) is 30.8 Å². The molecule has 0 atom stereocenters. The fraction of sp³-hybridized carbons (Fsp3) is 0.500. The Labute approximate surface area is 105 Å². The Morgan fingerprint density at radius 3 is 2.59 bits per heavy atom. The number of hydrogen-bond donors (Lipinski definition) is 1. The van der Waals surface area contributed by atoms with Crippen LogP contribution in [0, 0.1) is 18.3 Å². The van der Waals surface area contributed by atoms with Gasteiger partial charge >= 0.3 is 0 Å². The fourth-order valence-corrected chi connectivity index (χ4v) is 3.09. The van der Waals surface area contributed by atoms with Crippen LogP contribution in [0.25, 0.3) is 0 Å². The molecule has 0 unspecified atom stereocenters. The summed E-state index contributed by atoms with van der Waals surface area (Å²) in [5.41, 5.74) is 6.67. The van der Waals surface area contributed by atoms with Crippen molar-refractivity contribution in [3.05, 3.63) is 15.3 Å². The smallest absolute Gasteiger partial charge is 0.266 e. The number of carbonyl (C=O) groups excluding carboxylic acids is 1. The van der Waals surface area contributed by atoms with Crippen molar-refractivity contribution in [2.24, 2.45) is 0 Å². The molecular formula is C12H15N3OS. The number of piperidine rings is 1. The van der Waals surface area contributed by atoms with Crippen LogP contribution in [0.4, 0.5) is 5.69 Å². The minimum absolute atomic E-state index is 0.0169. The molecule has 17 heavy (non-hydrogen) atoms. The Bertz CT molecular complexity index is 481. The molecule has 1 amide bonds. The topological polar surface area (TPSA) is 70.1 Å². The maximum Gasteiger partial charge on any atom is 0.266 e. The van der Waals surface area contributed by atoms with E-state index in [-0.39, 0.29) is 5.91 Å². The van der Waals surface area contributed by atoms with Crippen molar-refractivity contribution in [3.63, 3.8) is 0 Å². The quantitative estimate of drug-likeness (QED) is 0.829. The van der Waals surface area contributed by atoms with Gasteiger partial charge in [-0.25, -0.2) is 0 Å². The van der Waals surface area contributed by atoms with Gasteiger partial charge in [0.1, 0.15) is 10.9 Å². The van der Waals surface area contributed by atoms with Gasteiger partial charge in [-0.2, -0.15) is 5.26 Å². The largest absolute Gasteiger partial charge is 0.396 e. The minimum Gasteiger partial charge on any atom is -0.396 e. The highest BCUT2D eigenvalue weighted by Crippen LogP contribution is 2.31. The van der Waals surface area contributed by atoms with Crippen LogP contribution in [0.5, 0.6) is 0 Å². The van der Waals surface area contributed by atoms with Gasteiger partial charge in [0.15, 0.2) is 0 Å². The molecule has 4 nitrogen and oxygen atoms in total. The molecule has 5 heteroatoms. The van der Waals surface area contributed by atoms with Gasteiger partial charge in [-0.1, -0.05) is 0 Å². The first-order valence-electron chi connectivity index (χ1n) is 5.73. The van der Waals surface area contributed by atoms with E-state index in [0.29, 0.717) is 16.1 Å². The van der Waals surface area contributed by atoms with Crippen molar-refractivity contribution in [1.29, 1.82) is 5.26 Å². The van der Waals surface area contributed by atoms with Gasteiger partial charge in [-0.15, -0.1) is 11.3 Å². The summed E-state index contributed by atoms with van der Waals surface area (Å²) in [6.07, 6.45) is 3.30. The number of hydrogen-bond acceptors (Lipinski definition) is 4. The van der Waals surface area contributed by atoms with E-state index in [9.17, 15) is 4.79 Å². The zero-order chi connectivity index (χ0) is 12.4. The second-order valence-corrected chi connectivity index (χ2v) is 5.47. The van der Waals surface area contributed by atoms with Crippen molar-refractivity contribution < 1.29 is 4.79 Å². The van der Waals surface area contributed by atoms with Crippen molar-refractivity contribution >= 4 is 22.9 Å². The van der Waals surface area contributed by atoms with Gasteiger partial charge in [-0.3, -0.25) is 4.79 Å². The molecule has 0 aliphatic carbocycles. The lowest BCUT2D eigenvalue weighted by atomic mass is 10.1. The number of rotatable bonds is 1. The Morgan fingerprint density at radius 1 is 1.41 bits per heavy atom. The number of likely N-dealkylation sites (tertiary alicyclic amines) is 1. The van der Waals surface area contributed by atoms with Crippen LogP contribution in [-0.2, 0) is 0 Å². The molecular weight excluding hydrogens is 234 g/mol. The van der Waals surface area contributed by atoms with Crippen LogP contribution in [0.1, 0.15) is 39.4 Å². The molecule has 2 N–H and O–H groups in total. The molecule has 0 aromatic carbocycles. The Kier molecular flexibility index (Phi) is 3.34. The summed E-state index contributed by atoms with van der Waals surface area (Å²) in [5, 5.41) is 8.96. The molecule has 0 saturated carbocycles. The zero-order valence-corrected chi connectivity index (χ0v) is 10.6. The Morgan fingerprint density at radius 2 is 2.06 bits per heavy atom. The van der Waals surface area contributed by atoms with Crippen LogP contribution in [0.2, 0.25) is 0 Å². The van der Waals surface area contributed by atoms with E-state index in [1.807, 2.05) is 11.8 Å².